The third-order valence-corrected chi connectivity index (χ3v) is 5.39. The molecule has 2 aliphatic rings. The van der Waals surface area contributed by atoms with Gasteiger partial charge in [-0.15, -0.1) is 24.0 Å². The topological polar surface area (TPSA) is 59.9 Å². The van der Waals surface area contributed by atoms with Crippen molar-refractivity contribution in [3.8, 4) is 0 Å². The van der Waals surface area contributed by atoms with E-state index in [1.54, 1.807) is 0 Å². The highest BCUT2D eigenvalue weighted by Gasteiger charge is 2.23. The van der Waals surface area contributed by atoms with Gasteiger partial charge in [-0.1, -0.05) is 26.2 Å². The molecular formula is C19H39IN4O. The van der Waals surface area contributed by atoms with E-state index in [2.05, 4.69) is 27.4 Å². The number of aliphatic hydroxyl groups is 1. The molecule has 1 aliphatic heterocycles. The molecule has 1 saturated carbocycles. The van der Waals surface area contributed by atoms with Crippen LogP contribution in [0.15, 0.2) is 4.99 Å². The number of guanidine groups is 1. The lowest BCUT2D eigenvalue weighted by atomic mass is 9.88. The molecule has 0 aromatic heterocycles. The summed E-state index contributed by atoms with van der Waals surface area (Å²) >= 11 is 0. The largest absolute Gasteiger partial charge is 0.396 e. The summed E-state index contributed by atoms with van der Waals surface area (Å²) in [4.78, 5) is 7.28. The van der Waals surface area contributed by atoms with E-state index < -0.39 is 0 Å². The Hall–Kier alpha value is -0.0800. The van der Waals surface area contributed by atoms with E-state index in [0.717, 1.165) is 18.4 Å². The van der Waals surface area contributed by atoms with Crippen LogP contribution in [0, 0.1) is 11.8 Å². The smallest absolute Gasteiger partial charge is 0.191 e. The summed E-state index contributed by atoms with van der Waals surface area (Å²) in [6.07, 6.45) is 9.62. The molecule has 5 nitrogen and oxygen atoms in total. The zero-order valence-electron chi connectivity index (χ0n) is 16.2. The molecule has 0 amide bonds. The summed E-state index contributed by atoms with van der Waals surface area (Å²) in [7, 11) is 0. The third kappa shape index (κ3) is 8.91. The molecule has 0 spiro atoms. The molecule has 0 radical (unpaired) electrons. The lowest BCUT2D eigenvalue weighted by Gasteiger charge is -2.36. The Labute approximate surface area is 171 Å². The highest BCUT2D eigenvalue weighted by atomic mass is 127. The van der Waals surface area contributed by atoms with E-state index in [9.17, 15) is 0 Å². The lowest BCUT2D eigenvalue weighted by molar-refractivity contribution is 0.160. The number of rotatable bonds is 7. The molecule has 1 unspecified atom stereocenters. The third-order valence-electron chi connectivity index (χ3n) is 5.39. The molecule has 0 bridgehead atoms. The minimum atomic E-state index is 0. The van der Waals surface area contributed by atoms with Crippen molar-refractivity contribution in [2.75, 3.05) is 39.3 Å². The highest BCUT2D eigenvalue weighted by Crippen LogP contribution is 2.25. The van der Waals surface area contributed by atoms with Gasteiger partial charge in [0.1, 0.15) is 0 Å². The molecule has 3 N–H and O–H groups in total. The summed E-state index contributed by atoms with van der Waals surface area (Å²) in [6, 6.07) is 0.523. The zero-order valence-corrected chi connectivity index (χ0v) is 18.5. The van der Waals surface area contributed by atoms with Gasteiger partial charge < -0.3 is 20.6 Å². The first-order chi connectivity index (χ1) is 11.7. The van der Waals surface area contributed by atoms with Crippen LogP contribution in [0.3, 0.4) is 0 Å². The van der Waals surface area contributed by atoms with Crippen molar-refractivity contribution in [3.05, 3.63) is 0 Å². The minimum absolute atomic E-state index is 0. The van der Waals surface area contributed by atoms with Gasteiger partial charge in [-0.05, 0) is 44.4 Å². The quantitative estimate of drug-likeness (QED) is 0.307. The first-order valence-electron chi connectivity index (χ1n) is 10.1. The number of piperidine rings is 1. The van der Waals surface area contributed by atoms with Crippen molar-refractivity contribution >= 4 is 29.9 Å². The summed E-state index contributed by atoms with van der Waals surface area (Å²) in [6.45, 7) is 9.60. The summed E-state index contributed by atoms with van der Waals surface area (Å²) in [5.74, 6) is 2.07. The molecular weight excluding hydrogens is 427 g/mol. The van der Waals surface area contributed by atoms with Crippen LogP contribution in [0.25, 0.3) is 0 Å². The maximum atomic E-state index is 9.15. The molecule has 25 heavy (non-hydrogen) atoms. The van der Waals surface area contributed by atoms with Gasteiger partial charge in [0.05, 0.1) is 0 Å². The Bertz CT molecular complexity index is 366. The molecule has 2 rings (SSSR count). The molecule has 1 aliphatic carbocycles. The number of nitrogens with one attached hydrogen (secondary N) is 2. The maximum Gasteiger partial charge on any atom is 0.191 e. The van der Waals surface area contributed by atoms with Gasteiger partial charge in [0.2, 0.25) is 0 Å². The molecule has 6 heteroatoms. The van der Waals surface area contributed by atoms with Gasteiger partial charge in [0.15, 0.2) is 5.96 Å². The Balaban J connectivity index is 0.00000312. The number of likely N-dealkylation sites (tertiary alicyclic amines) is 1. The number of nitrogens with zero attached hydrogens (tertiary/aromatic N) is 2. The lowest BCUT2D eigenvalue weighted by Crippen LogP contribution is -2.49. The van der Waals surface area contributed by atoms with Crippen LogP contribution < -0.4 is 10.6 Å². The summed E-state index contributed by atoms with van der Waals surface area (Å²) < 4.78 is 0. The predicted octanol–water partition coefficient (Wildman–Crippen LogP) is 2.83. The number of halogens is 1. The van der Waals surface area contributed by atoms with Crippen molar-refractivity contribution in [1.29, 1.82) is 0 Å². The maximum absolute atomic E-state index is 9.15. The first kappa shape index (κ1) is 23.0. The average Bonchev–Trinajstić information content (AvgIpc) is 2.62. The molecule has 2 fully saturated rings. The van der Waals surface area contributed by atoms with Crippen LogP contribution in [0.4, 0.5) is 0 Å². The van der Waals surface area contributed by atoms with E-state index in [1.165, 1.54) is 64.6 Å². The SMILES string of the molecule is CCNC(=NCC(C)CO)NC1CCN(CC2CCCCC2)CC1.I. The molecule has 1 saturated heterocycles. The molecule has 1 atom stereocenters. The zero-order chi connectivity index (χ0) is 17.2. The van der Waals surface area contributed by atoms with Crippen molar-refractivity contribution in [3.63, 3.8) is 0 Å². The summed E-state index contributed by atoms with van der Waals surface area (Å²) in [5.41, 5.74) is 0. The van der Waals surface area contributed by atoms with Crippen LogP contribution in [0.1, 0.15) is 58.8 Å². The minimum Gasteiger partial charge on any atom is -0.396 e. The second-order valence-electron chi connectivity index (χ2n) is 7.73. The number of aliphatic imine (C=N–C) groups is 1. The number of aliphatic hydroxyl groups excluding tert-OH is 1. The van der Waals surface area contributed by atoms with Crippen LogP contribution >= 0.6 is 24.0 Å². The van der Waals surface area contributed by atoms with E-state index in [-0.39, 0.29) is 36.5 Å². The molecule has 0 aromatic carbocycles. The Morgan fingerprint density at radius 3 is 2.44 bits per heavy atom. The monoisotopic (exact) mass is 466 g/mol. The van der Waals surface area contributed by atoms with Crippen molar-refractivity contribution < 1.29 is 5.11 Å². The fourth-order valence-corrected chi connectivity index (χ4v) is 3.81. The van der Waals surface area contributed by atoms with Crippen molar-refractivity contribution in [2.45, 2.75) is 64.8 Å². The van der Waals surface area contributed by atoms with Gasteiger partial charge in [0, 0.05) is 45.4 Å². The van der Waals surface area contributed by atoms with E-state index >= 15 is 0 Å². The summed E-state index contributed by atoms with van der Waals surface area (Å²) in [5, 5.41) is 16.1. The second kappa shape index (κ2) is 13.1. The Morgan fingerprint density at radius 2 is 1.84 bits per heavy atom. The van der Waals surface area contributed by atoms with Crippen LogP contribution in [-0.2, 0) is 0 Å². The fourth-order valence-electron chi connectivity index (χ4n) is 3.81. The molecule has 1 heterocycles. The van der Waals surface area contributed by atoms with Gasteiger partial charge in [-0.25, -0.2) is 0 Å². The Morgan fingerprint density at radius 1 is 1.16 bits per heavy atom. The van der Waals surface area contributed by atoms with Crippen LogP contribution in [0.2, 0.25) is 0 Å². The predicted molar refractivity (Wildman–Crippen MR) is 117 cm³/mol. The van der Waals surface area contributed by atoms with Gasteiger partial charge in [-0.2, -0.15) is 0 Å². The van der Waals surface area contributed by atoms with Crippen molar-refractivity contribution in [2.24, 2.45) is 16.8 Å². The number of hydrogen-bond acceptors (Lipinski definition) is 3. The van der Waals surface area contributed by atoms with E-state index in [1.807, 2.05) is 6.92 Å². The Kier molecular flexibility index (Phi) is 12.1. The highest BCUT2D eigenvalue weighted by molar-refractivity contribution is 14.0. The first-order valence-corrected chi connectivity index (χ1v) is 10.1. The van der Waals surface area contributed by atoms with E-state index in [0.29, 0.717) is 12.6 Å². The standard InChI is InChI=1S/C19H38N4O.HI/c1-3-20-19(21-13-16(2)15-24)22-18-9-11-23(12-10-18)14-17-7-5-4-6-8-17;/h16-18,24H,3-15H2,1-2H3,(H2,20,21,22);1H. The van der Waals surface area contributed by atoms with Gasteiger partial charge >= 0.3 is 0 Å². The molecule has 0 aromatic rings. The normalized spacial score (nSPS) is 22.3. The average molecular weight is 466 g/mol. The van der Waals surface area contributed by atoms with Crippen LogP contribution in [-0.4, -0.2) is 61.3 Å². The van der Waals surface area contributed by atoms with Crippen molar-refractivity contribution in [1.82, 2.24) is 15.5 Å². The van der Waals surface area contributed by atoms with Crippen LogP contribution in [0.5, 0.6) is 0 Å². The van der Waals surface area contributed by atoms with E-state index in [4.69, 9.17) is 5.11 Å². The van der Waals surface area contributed by atoms with Gasteiger partial charge in [0.25, 0.3) is 0 Å². The second-order valence-corrected chi connectivity index (χ2v) is 7.73. The fraction of sp³-hybridized carbons (Fsp3) is 0.947. The molecule has 148 valence electrons. The van der Waals surface area contributed by atoms with Gasteiger partial charge in [-0.3, -0.25) is 4.99 Å². The number of hydrogen-bond donors (Lipinski definition) is 3.